The highest BCUT2D eigenvalue weighted by molar-refractivity contribution is 5.68. The first-order chi connectivity index (χ1) is 16.6. The molecule has 2 heterocycles. The van der Waals surface area contributed by atoms with E-state index in [1.807, 2.05) is 37.8 Å². The van der Waals surface area contributed by atoms with E-state index in [0.29, 0.717) is 12.6 Å². The van der Waals surface area contributed by atoms with Crippen molar-refractivity contribution in [3.63, 3.8) is 0 Å². The van der Waals surface area contributed by atoms with Crippen LogP contribution in [0.4, 0.5) is 15.3 Å². The lowest BCUT2D eigenvalue weighted by Gasteiger charge is -2.49. The molecule has 2 aliphatic heterocycles. The van der Waals surface area contributed by atoms with Crippen molar-refractivity contribution in [2.75, 3.05) is 38.1 Å². The predicted octanol–water partition coefficient (Wildman–Crippen LogP) is 4.76. The summed E-state index contributed by atoms with van der Waals surface area (Å²) in [5.41, 5.74) is 1.79. The molecule has 2 N–H and O–H groups in total. The lowest BCUT2D eigenvalue weighted by Crippen LogP contribution is -2.57. The molecule has 0 aliphatic carbocycles. The third-order valence-electron chi connectivity index (χ3n) is 6.84. The van der Waals surface area contributed by atoms with Gasteiger partial charge in [-0.3, -0.25) is 4.90 Å². The lowest BCUT2D eigenvalue weighted by atomic mass is 9.85. The Kier molecular flexibility index (Phi) is 9.05. The van der Waals surface area contributed by atoms with Crippen LogP contribution in [0.2, 0.25) is 0 Å². The molecule has 0 saturated carbocycles. The summed E-state index contributed by atoms with van der Waals surface area (Å²) in [5.74, 6) is 0. The number of hydrogen-bond donors (Lipinski definition) is 2. The maximum absolute atomic E-state index is 12.4. The number of piperidine rings is 2. The van der Waals surface area contributed by atoms with Gasteiger partial charge in [-0.25, -0.2) is 9.59 Å². The first-order valence-corrected chi connectivity index (χ1v) is 12.7. The lowest BCUT2D eigenvalue weighted by molar-refractivity contribution is -0.00704. The van der Waals surface area contributed by atoms with Gasteiger partial charge in [-0.15, -0.1) is 0 Å². The average molecular weight is 487 g/mol. The van der Waals surface area contributed by atoms with Crippen LogP contribution < -0.4 is 10.6 Å². The quantitative estimate of drug-likeness (QED) is 0.541. The zero-order chi connectivity index (χ0) is 25.5. The molecular weight excluding hydrogens is 444 g/mol. The van der Waals surface area contributed by atoms with Crippen LogP contribution in [0.15, 0.2) is 36.9 Å². The van der Waals surface area contributed by atoms with E-state index >= 15 is 0 Å². The minimum atomic E-state index is -0.455. The molecular formula is C27H42N4O4. The molecule has 194 valence electrons. The number of hydrogen-bond acceptors (Lipinski definition) is 6. The van der Waals surface area contributed by atoms with Gasteiger partial charge >= 0.3 is 12.2 Å². The molecule has 2 amide bonds. The van der Waals surface area contributed by atoms with Crippen molar-refractivity contribution >= 4 is 17.9 Å². The van der Waals surface area contributed by atoms with Gasteiger partial charge in [0.1, 0.15) is 12.2 Å². The molecule has 8 nitrogen and oxygen atoms in total. The second-order valence-electron chi connectivity index (χ2n) is 10.8. The summed E-state index contributed by atoms with van der Waals surface area (Å²) in [6.45, 7) is 15.8. The molecule has 0 aromatic heterocycles. The van der Waals surface area contributed by atoms with Crippen molar-refractivity contribution in [1.29, 1.82) is 0 Å². The number of ether oxygens (including phenoxy) is 2. The van der Waals surface area contributed by atoms with Crippen molar-refractivity contribution in [3.05, 3.63) is 42.5 Å². The highest BCUT2D eigenvalue weighted by Crippen LogP contribution is 2.32. The van der Waals surface area contributed by atoms with E-state index < -0.39 is 11.7 Å². The SMILES string of the molecule is C=CCOC(=O)NCc1ccc(NC2CCN(C3(C)CCN(C(=O)OC(C)(C)C)CC3)CC2)cc1. The summed E-state index contributed by atoms with van der Waals surface area (Å²) >= 11 is 0. The highest BCUT2D eigenvalue weighted by atomic mass is 16.6. The maximum atomic E-state index is 12.4. The monoisotopic (exact) mass is 486 g/mol. The molecule has 3 rings (SSSR count). The second kappa shape index (κ2) is 11.8. The number of nitrogens with zero attached hydrogens (tertiary/aromatic N) is 2. The van der Waals surface area contributed by atoms with E-state index in [-0.39, 0.29) is 18.2 Å². The summed E-state index contributed by atoms with van der Waals surface area (Å²) < 4.78 is 10.5. The number of benzene rings is 1. The summed E-state index contributed by atoms with van der Waals surface area (Å²) in [6, 6.07) is 8.60. The normalized spacial score (nSPS) is 19.0. The topological polar surface area (TPSA) is 83.1 Å². The molecule has 1 aromatic carbocycles. The number of carbonyl (C=O) groups is 2. The summed E-state index contributed by atoms with van der Waals surface area (Å²) in [6.07, 6.45) is 5.02. The number of rotatable bonds is 7. The number of nitrogens with one attached hydrogen (secondary N) is 2. The third kappa shape index (κ3) is 8.16. The number of alkyl carbamates (subject to hydrolysis) is 1. The Morgan fingerprint density at radius 2 is 1.74 bits per heavy atom. The van der Waals surface area contributed by atoms with Gasteiger partial charge in [-0.1, -0.05) is 24.8 Å². The van der Waals surface area contributed by atoms with Crippen molar-refractivity contribution in [1.82, 2.24) is 15.1 Å². The fourth-order valence-electron chi connectivity index (χ4n) is 4.69. The van der Waals surface area contributed by atoms with Gasteiger partial charge in [0.2, 0.25) is 0 Å². The molecule has 0 spiro atoms. The fourth-order valence-corrected chi connectivity index (χ4v) is 4.69. The van der Waals surface area contributed by atoms with Crippen LogP contribution >= 0.6 is 0 Å². The Hall–Kier alpha value is -2.74. The highest BCUT2D eigenvalue weighted by Gasteiger charge is 2.39. The molecule has 0 radical (unpaired) electrons. The summed E-state index contributed by atoms with van der Waals surface area (Å²) in [7, 11) is 0. The Morgan fingerprint density at radius 3 is 2.31 bits per heavy atom. The van der Waals surface area contributed by atoms with E-state index in [0.717, 1.165) is 63.1 Å². The standard InChI is InChI=1S/C27H42N4O4/c1-6-19-34-24(32)28-20-21-7-9-22(10-8-21)29-23-11-15-31(16-12-23)27(5)13-17-30(18-14-27)25(33)35-26(2,3)4/h6-10,23,29H,1,11-20H2,2-5H3,(H,28,32). The van der Waals surface area contributed by atoms with Crippen LogP contribution in [0.3, 0.4) is 0 Å². The molecule has 0 atom stereocenters. The molecule has 0 bridgehead atoms. The fraction of sp³-hybridized carbons (Fsp3) is 0.630. The smallest absolute Gasteiger partial charge is 0.410 e. The molecule has 8 heteroatoms. The molecule has 2 aliphatic rings. The zero-order valence-electron chi connectivity index (χ0n) is 21.8. The Bertz CT molecular complexity index is 849. The second-order valence-corrected chi connectivity index (χ2v) is 10.8. The van der Waals surface area contributed by atoms with Gasteiger partial charge in [0.05, 0.1) is 0 Å². The van der Waals surface area contributed by atoms with E-state index in [9.17, 15) is 9.59 Å². The third-order valence-corrected chi connectivity index (χ3v) is 6.84. The number of likely N-dealkylation sites (tertiary alicyclic amines) is 2. The van der Waals surface area contributed by atoms with Gasteiger partial charge in [0.25, 0.3) is 0 Å². The Labute approximate surface area is 210 Å². The molecule has 0 unspecified atom stereocenters. The van der Waals surface area contributed by atoms with Crippen molar-refractivity contribution in [2.45, 2.75) is 77.1 Å². The van der Waals surface area contributed by atoms with Crippen LogP contribution in [-0.4, -0.2) is 72.0 Å². The van der Waals surface area contributed by atoms with E-state index in [1.165, 1.54) is 0 Å². The van der Waals surface area contributed by atoms with E-state index in [4.69, 9.17) is 9.47 Å². The maximum Gasteiger partial charge on any atom is 0.410 e. The largest absolute Gasteiger partial charge is 0.445 e. The van der Waals surface area contributed by atoms with Crippen LogP contribution in [0.5, 0.6) is 0 Å². The van der Waals surface area contributed by atoms with Crippen molar-refractivity contribution < 1.29 is 19.1 Å². The van der Waals surface area contributed by atoms with Gasteiger partial charge in [0.15, 0.2) is 0 Å². The number of anilines is 1. The van der Waals surface area contributed by atoms with Crippen molar-refractivity contribution in [3.8, 4) is 0 Å². The molecule has 1 aromatic rings. The van der Waals surface area contributed by atoms with E-state index in [1.54, 1.807) is 6.08 Å². The molecule has 2 fully saturated rings. The summed E-state index contributed by atoms with van der Waals surface area (Å²) in [4.78, 5) is 28.4. The first-order valence-electron chi connectivity index (χ1n) is 12.7. The van der Waals surface area contributed by atoms with Crippen LogP contribution in [-0.2, 0) is 16.0 Å². The Balaban J connectivity index is 1.40. The van der Waals surface area contributed by atoms with Gasteiger partial charge in [-0.05, 0) is 71.1 Å². The minimum absolute atomic E-state index is 0.130. The van der Waals surface area contributed by atoms with Crippen molar-refractivity contribution in [2.24, 2.45) is 0 Å². The predicted molar refractivity (Wildman–Crippen MR) is 138 cm³/mol. The van der Waals surface area contributed by atoms with E-state index in [2.05, 4.69) is 41.2 Å². The first kappa shape index (κ1) is 26.9. The number of amides is 2. The van der Waals surface area contributed by atoms with Gasteiger partial charge in [0, 0.05) is 50.0 Å². The molecule has 2 saturated heterocycles. The minimum Gasteiger partial charge on any atom is -0.445 e. The Morgan fingerprint density at radius 1 is 1.11 bits per heavy atom. The van der Waals surface area contributed by atoms with Crippen LogP contribution in [0, 0.1) is 0 Å². The summed E-state index contributed by atoms with van der Waals surface area (Å²) in [5, 5.41) is 6.39. The van der Waals surface area contributed by atoms with Crippen LogP contribution in [0.1, 0.15) is 58.9 Å². The van der Waals surface area contributed by atoms with Gasteiger partial charge < -0.3 is 25.0 Å². The van der Waals surface area contributed by atoms with Crippen LogP contribution in [0.25, 0.3) is 0 Å². The zero-order valence-corrected chi connectivity index (χ0v) is 21.8. The average Bonchev–Trinajstić information content (AvgIpc) is 2.82. The molecule has 35 heavy (non-hydrogen) atoms. The number of carbonyl (C=O) groups excluding carboxylic acids is 2. The van der Waals surface area contributed by atoms with Gasteiger partial charge in [-0.2, -0.15) is 0 Å².